The molecule has 0 aromatic heterocycles. The summed E-state index contributed by atoms with van der Waals surface area (Å²) in [6.07, 6.45) is 15.1. The lowest BCUT2D eigenvalue weighted by molar-refractivity contribution is 0.935. The third kappa shape index (κ3) is 4.37. The highest BCUT2D eigenvalue weighted by Crippen LogP contribution is 2.37. The van der Waals surface area contributed by atoms with Gasteiger partial charge in [-0.2, -0.15) is 0 Å². The van der Waals surface area contributed by atoms with E-state index in [1.54, 1.807) is 12.1 Å². The van der Waals surface area contributed by atoms with Crippen molar-refractivity contribution in [3.05, 3.63) is 24.3 Å². The van der Waals surface area contributed by atoms with E-state index in [1.807, 2.05) is 0 Å². The van der Waals surface area contributed by atoms with Gasteiger partial charge in [0.25, 0.3) is 0 Å². The monoisotopic (exact) mass is 222 g/mol. The van der Waals surface area contributed by atoms with Gasteiger partial charge in [0.2, 0.25) is 0 Å². The average molecular weight is 222 g/mol. The largest absolute Gasteiger partial charge is 0.0912 e. The zero-order valence-electron chi connectivity index (χ0n) is 10.5. The van der Waals surface area contributed by atoms with Crippen molar-refractivity contribution in [1.82, 2.24) is 0 Å². The Balaban J connectivity index is 2.46. The molecular weight excluding hydrogens is 196 g/mol. The van der Waals surface area contributed by atoms with Gasteiger partial charge in [0.15, 0.2) is 0 Å². The Bertz CT molecular complexity index is 191. The second kappa shape index (κ2) is 7.05. The van der Waals surface area contributed by atoms with Crippen LogP contribution in [0.2, 0.25) is 24.2 Å². The molecule has 0 amide bonds. The van der Waals surface area contributed by atoms with Crippen LogP contribution in [0.4, 0.5) is 0 Å². The van der Waals surface area contributed by atoms with E-state index >= 15 is 0 Å². The second-order valence-corrected chi connectivity index (χ2v) is 9.69. The molecule has 0 aromatic rings. The number of hydrogen-bond donors (Lipinski definition) is 0. The second-order valence-electron chi connectivity index (χ2n) is 4.87. The third-order valence-corrected chi connectivity index (χ3v) is 8.60. The summed E-state index contributed by atoms with van der Waals surface area (Å²) in [4.78, 5) is 0. The minimum atomic E-state index is -0.880. The first-order valence-electron chi connectivity index (χ1n) is 6.63. The summed E-state index contributed by atoms with van der Waals surface area (Å²) >= 11 is 0. The van der Waals surface area contributed by atoms with Gasteiger partial charge < -0.3 is 0 Å². The maximum atomic E-state index is 2.47. The molecule has 1 rings (SSSR count). The SMILES string of the molecule is CCC=CC[Si]1(CC=CCC)CCCC1. The first-order chi connectivity index (χ1) is 7.33. The van der Waals surface area contributed by atoms with Crippen molar-refractivity contribution in [2.75, 3.05) is 0 Å². The van der Waals surface area contributed by atoms with E-state index in [0.717, 1.165) is 0 Å². The molecule has 1 aliphatic rings. The molecule has 0 unspecified atom stereocenters. The van der Waals surface area contributed by atoms with E-state index in [9.17, 15) is 0 Å². The summed E-state index contributed by atoms with van der Waals surface area (Å²) in [5, 5.41) is 0. The van der Waals surface area contributed by atoms with Gasteiger partial charge in [-0.3, -0.25) is 0 Å². The smallest absolute Gasteiger partial charge is 0.0610 e. The fraction of sp³-hybridized carbons (Fsp3) is 0.714. The maximum Gasteiger partial charge on any atom is 0.0610 e. The van der Waals surface area contributed by atoms with Gasteiger partial charge in [-0.1, -0.05) is 63.1 Å². The van der Waals surface area contributed by atoms with Gasteiger partial charge >= 0.3 is 0 Å². The zero-order valence-corrected chi connectivity index (χ0v) is 11.5. The zero-order chi connectivity index (χ0) is 11.0. The third-order valence-electron chi connectivity index (χ3n) is 3.57. The lowest BCUT2D eigenvalue weighted by atomic mass is 10.4. The van der Waals surface area contributed by atoms with Crippen molar-refractivity contribution in [2.45, 2.75) is 63.7 Å². The van der Waals surface area contributed by atoms with Crippen molar-refractivity contribution >= 4 is 8.07 Å². The molecule has 0 aliphatic carbocycles. The Hall–Kier alpha value is -0.303. The van der Waals surface area contributed by atoms with Crippen LogP contribution >= 0.6 is 0 Å². The molecule has 0 nitrogen and oxygen atoms in total. The highest BCUT2D eigenvalue weighted by atomic mass is 28.3. The topological polar surface area (TPSA) is 0 Å². The predicted octanol–water partition coefficient (Wildman–Crippen LogP) is 5.16. The van der Waals surface area contributed by atoms with Gasteiger partial charge in [-0.25, -0.2) is 0 Å². The molecule has 15 heavy (non-hydrogen) atoms. The Kier molecular flexibility index (Phi) is 6.00. The fourth-order valence-electron chi connectivity index (χ4n) is 2.62. The van der Waals surface area contributed by atoms with E-state index in [4.69, 9.17) is 0 Å². The molecule has 0 aromatic carbocycles. The van der Waals surface area contributed by atoms with E-state index < -0.39 is 8.07 Å². The molecule has 1 aliphatic heterocycles. The lowest BCUT2D eigenvalue weighted by Crippen LogP contribution is -2.27. The van der Waals surface area contributed by atoms with Gasteiger partial charge in [-0.15, -0.1) is 0 Å². The van der Waals surface area contributed by atoms with Crippen LogP contribution in [-0.2, 0) is 0 Å². The minimum absolute atomic E-state index is 0.880. The van der Waals surface area contributed by atoms with E-state index in [0.29, 0.717) is 0 Å². The van der Waals surface area contributed by atoms with Gasteiger partial charge in [-0.05, 0) is 24.9 Å². The first-order valence-corrected chi connectivity index (χ1v) is 9.46. The van der Waals surface area contributed by atoms with Crippen molar-refractivity contribution in [1.29, 1.82) is 0 Å². The summed E-state index contributed by atoms with van der Waals surface area (Å²) < 4.78 is 0. The van der Waals surface area contributed by atoms with Crippen LogP contribution in [0.15, 0.2) is 24.3 Å². The minimum Gasteiger partial charge on any atom is -0.0912 e. The molecule has 0 radical (unpaired) electrons. The van der Waals surface area contributed by atoms with Gasteiger partial charge in [0, 0.05) is 0 Å². The summed E-state index contributed by atoms with van der Waals surface area (Å²) in [7, 11) is -0.880. The Morgan fingerprint density at radius 2 is 1.27 bits per heavy atom. The Morgan fingerprint density at radius 1 is 0.800 bits per heavy atom. The summed E-state index contributed by atoms with van der Waals surface area (Å²) in [6, 6.07) is 6.04. The molecule has 1 heterocycles. The quantitative estimate of drug-likeness (QED) is 0.430. The summed E-state index contributed by atoms with van der Waals surface area (Å²) in [5.41, 5.74) is 0. The van der Waals surface area contributed by atoms with E-state index in [2.05, 4.69) is 38.2 Å². The molecule has 0 saturated carbocycles. The Labute approximate surface area is 96.5 Å². The van der Waals surface area contributed by atoms with E-state index in [-0.39, 0.29) is 0 Å². The molecule has 0 N–H and O–H groups in total. The van der Waals surface area contributed by atoms with Crippen LogP contribution in [0.25, 0.3) is 0 Å². The standard InChI is InChI=1S/C14H26Si/c1-3-5-7-11-15(12-8-6-4-2)13-9-10-14-15/h5-8H,3-4,9-14H2,1-2H3. The Morgan fingerprint density at radius 3 is 1.67 bits per heavy atom. The van der Waals surface area contributed by atoms with Gasteiger partial charge in [0.1, 0.15) is 0 Å². The van der Waals surface area contributed by atoms with Gasteiger partial charge in [0.05, 0.1) is 8.07 Å². The van der Waals surface area contributed by atoms with Crippen molar-refractivity contribution in [3.8, 4) is 0 Å². The molecule has 0 atom stereocenters. The average Bonchev–Trinajstić information content (AvgIpc) is 2.68. The lowest BCUT2D eigenvalue weighted by Gasteiger charge is -2.23. The summed E-state index contributed by atoms with van der Waals surface area (Å²) in [6.45, 7) is 4.47. The van der Waals surface area contributed by atoms with Crippen molar-refractivity contribution in [2.24, 2.45) is 0 Å². The maximum absolute atomic E-state index is 2.47. The van der Waals surface area contributed by atoms with Crippen molar-refractivity contribution < 1.29 is 0 Å². The van der Waals surface area contributed by atoms with Crippen LogP contribution in [0, 0.1) is 0 Å². The molecule has 86 valence electrons. The molecule has 1 saturated heterocycles. The predicted molar refractivity (Wildman–Crippen MR) is 73.1 cm³/mol. The van der Waals surface area contributed by atoms with Crippen LogP contribution in [0.1, 0.15) is 39.5 Å². The normalized spacial score (nSPS) is 20.7. The number of hydrogen-bond acceptors (Lipinski definition) is 0. The molecule has 0 spiro atoms. The van der Waals surface area contributed by atoms with Crippen LogP contribution in [0.5, 0.6) is 0 Å². The summed E-state index contributed by atoms with van der Waals surface area (Å²) in [5.74, 6) is 0. The first kappa shape index (κ1) is 12.8. The van der Waals surface area contributed by atoms with Crippen molar-refractivity contribution in [3.63, 3.8) is 0 Å². The fourth-order valence-corrected chi connectivity index (χ4v) is 7.18. The molecule has 0 bridgehead atoms. The molecule has 1 fully saturated rings. The molecular formula is C14H26Si. The highest BCUT2D eigenvalue weighted by Gasteiger charge is 2.33. The highest BCUT2D eigenvalue weighted by molar-refractivity contribution is 6.81. The van der Waals surface area contributed by atoms with E-state index in [1.165, 1.54) is 37.8 Å². The van der Waals surface area contributed by atoms with Crippen LogP contribution < -0.4 is 0 Å². The number of rotatable bonds is 6. The molecule has 1 heteroatoms. The van der Waals surface area contributed by atoms with Crippen LogP contribution in [-0.4, -0.2) is 8.07 Å². The number of allylic oxidation sites excluding steroid dienone is 4. The van der Waals surface area contributed by atoms with Crippen LogP contribution in [0.3, 0.4) is 0 Å².